The fraction of sp³-hybridized carbons (Fsp3) is 0.500. The minimum absolute atomic E-state index is 0.357. The molecule has 0 spiro atoms. The van der Waals surface area contributed by atoms with Gasteiger partial charge in [-0.1, -0.05) is 6.92 Å². The Kier molecular flexibility index (Phi) is 3.78. The maximum absolute atomic E-state index is 5.26. The zero-order chi connectivity index (χ0) is 9.68. The quantitative estimate of drug-likeness (QED) is 0.745. The molecule has 0 saturated heterocycles. The lowest BCUT2D eigenvalue weighted by molar-refractivity contribution is 0.714. The molecule has 2 nitrogen and oxygen atoms in total. The number of nitrogens with zero attached hydrogens (tertiary/aromatic N) is 1. The molecule has 0 amide bonds. The summed E-state index contributed by atoms with van der Waals surface area (Å²) in [6.45, 7) is 4.17. The number of anilines is 1. The average molecular weight is 194 g/mol. The number of nitrogens with one attached hydrogen (secondary N) is 1. The standard InChI is InChI=1S/C10H14N2S/c1-4-6-9(5-2)12-10-11-7-8(3)13-10/h1,7,9H,5-6H2,2-3H3,(H,11,12). The molecule has 0 radical (unpaired) electrons. The van der Waals surface area contributed by atoms with Crippen LogP contribution in [0.4, 0.5) is 5.13 Å². The maximum Gasteiger partial charge on any atom is 0.183 e. The lowest BCUT2D eigenvalue weighted by Gasteiger charge is -2.12. The maximum atomic E-state index is 5.26. The Morgan fingerprint density at radius 1 is 1.77 bits per heavy atom. The van der Waals surface area contributed by atoms with Gasteiger partial charge in [-0.05, 0) is 13.3 Å². The van der Waals surface area contributed by atoms with E-state index in [1.807, 2.05) is 13.1 Å². The van der Waals surface area contributed by atoms with Gasteiger partial charge in [-0.25, -0.2) is 4.98 Å². The number of thiazole rings is 1. The molecule has 1 aromatic heterocycles. The van der Waals surface area contributed by atoms with Crippen molar-refractivity contribution in [1.29, 1.82) is 0 Å². The fourth-order valence-corrected chi connectivity index (χ4v) is 1.78. The van der Waals surface area contributed by atoms with Crippen LogP contribution in [-0.4, -0.2) is 11.0 Å². The van der Waals surface area contributed by atoms with Gasteiger partial charge in [0, 0.05) is 23.5 Å². The summed E-state index contributed by atoms with van der Waals surface area (Å²) in [6, 6.07) is 0.357. The number of hydrogen-bond acceptors (Lipinski definition) is 3. The van der Waals surface area contributed by atoms with Gasteiger partial charge in [-0.3, -0.25) is 0 Å². The summed E-state index contributed by atoms with van der Waals surface area (Å²) in [5.74, 6) is 2.66. The fourth-order valence-electron chi connectivity index (χ4n) is 1.04. The van der Waals surface area contributed by atoms with Gasteiger partial charge in [-0.2, -0.15) is 0 Å². The van der Waals surface area contributed by atoms with E-state index in [-0.39, 0.29) is 0 Å². The number of rotatable bonds is 4. The summed E-state index contributed by atoms with van der Waals surface area (Å²) in [6.07, 6.45) is 8.92. The van der Waals surface area contributed by atoms with Crippen LogP contribution < -0.4 is 5.32 Å². The third kappa shape index (κ3) is 3.08. The van der Waals surface area contributed by atoms with Crippen LogP contribution in [0.15, 0.2) is 6.20 Å². The van der Waals surface area contributed by atoms with E-state index in [4.69, 9.17) is 6.42 Å². The molecule has 0 aliphatic carbocycles. The number of aryl methyl sites for hydroxylation is 1. The first kappa shape index (κ1) is 10.1. The highest BCUT2D eigenvalue weighted by Crippen LogP contribution is 2.18. The van der Waals surface area contributed by atoms with Crippen molar-refractivity contribution in [2.45, 2.75) is 32.7 Å². The van der Waals surface area contributed by atoms with Crippen molar-refractivity contribution < 1.29 is 0 Å². The summed E-state index contributed by atoms with van der Waals surface area (Å²) in [7, 11) is 0. The highest BCUT2D eigenvalue weighted by Gasteiger charge is 2.05. The van der Waals surface area contributed by atoms with Crippen molar-refractivity contribution in [3.63, 3.8) is 0 Å². The lowest BCUT2D eigenvalue weighted by atomic mass is 10.2. The van der Waals surface area contributed by atoms with Crippen LogP contribution in [0.1, 0.15) is 24.6 Å². The van der Waals surface area contributed by atoms with E-state index in [0.29, 0.717) is 6.04 Å². The van der Waals surface area contributed by atoms with Crippen LogP contribution >= 0.6 is 11.3 Å². The predicted octanol–water partition coefficient (Wildman–Crippen LogP) is 2.67. The molecule has 1 heterocycles. The molecule has 1 atom stereocenters. The van der Waals surface area contributed by atoms with Crippen molar-refractivity contribution in [3.8, 4) is 12.3 Å². The van der Waals surface area contributed by atoms with Gasteiger partial charge in [0.2, 0.25) is 0 Å². The van der Waals surface area contributed by atoms with Crippen molar-refractivity contribution in [2.24, 2.45) is 0 Å². The Morgan fingerprint density at radius 2 is 2.54 bits per heavy atom. The average Bonchev–Trinajstić information content (AvgIpc) is 2.50. The monoisotopic (exact) mass is 194 g/mol. The Bertz CT molecular complexity index is 298. The first-order valence-electron chi connectivity index (χ1n) is 4.38. The molecule has 70 valence electrons. The summed E-state index contributed by atoms with van der Waals surface area (Å²) < 4.78 is 0. The van der Waals surface area contributed by atoms with Crippen molar-refractivity contribution >= 4 is 16.5 Å². The Balaban J connectivity index is 2.52. The van der Waals surface area contributed by atoms with Crippen LogP contribution in [-0.2, 0) is 0 Å². The molecule has 0 aromatic carbocycles. The molecule has 1 N–H and O–H groups in total. The van der Waals surface area contributed by atoms with Gasteiger partial charge in [0.1, 0.15) is 0 Å². The Labute approximate surface area is 83.4 Å². The largest absolute Gasteiger partial charge is 0.358 e. The predicted molar refractivity (Wildman–Crippen MR) is 58.0 cm³/mol. The molecule has 0 bridgehead atoms. The summed E-state index contributed by atoms with van der Waals surface area (Å²) >= 11 is 1.67. The minimum Gasteiger partial charge on any atom is -0.358 e. The molecule has 1 rings (SSSR count). The second kappa shape index (κ2) is 4.88. The molecule has 3 heteroatoms. The van der Waals surface area contributed by atoms with Crippen molar-refractivity contribution in [3.05, 3.63) is 11.1 Å². The number of terminal acetylenes is 1. The van der Waals surface area contributed by atoms with Crippen LogP contribution in [0.3, 0.4) is 0 Å². The summed E-state index contributed by atoms with van der Waals surface area (Å²) in [5, 5.41) is 4.29. The van der Waals surface area contributed by atoms with Gasteiger partial charge < -0.3 is 5.32 Å². The van der Waals surface area contributed by atoms with Crippen LogP contribution in [0.25, 0.3) is 0 Å². The topological polar surface area (TPSA) is 24.9 Å². The first-order valence-corrected chi connectivity index (χ1v) is 5.20. The van der Waals surface area contributed by atoms with Crippen LogP contribution in [0.2, 0.25) is 0 Å². The highest BCUT2D eigenvalue weighted by atomic mass is 32.1. The number of aromatic nitrogens is 1. The molecule has 13 heavy (non-hydrogen) atoms. The van der Waals surface area contributed by atoms with E-state index in [1.54, 1.807) is 11.3 Å². The highest BCUT2D eigenvalue weighted by molar-refractivity contribution is 7.15. The van der Waals surface area contributed by atoms with E-state index in [2.05, 4.69) is 23.1 Å². The second-order valence-corrected chi connectivity index (χ2v) is 4.17. The van der Waals surface area contributed by atoms with E-state index in [1.165, 1.54) is 4.88 Å². The third-order valence-corrected chi connectivity index (χ3v) is 2.65. The number of hydrogen-bond donors (Lipinski definition) is 1. The van der Waals surface area contributed by atoms with Crippen molar-refractivity contribution in [1.82, 2.24) is 4.98 Å². The molecule has 0 aliphatic heterocycles. The lowest BCUT2D eigenvalue weighted by Crippen LogP contribution is -2.17. The molecule has 1 aromatic rings. The van der Waals surface area contributed by atoms with E-state index in [9.17, 15) is 0 Å². The van der Waals surface area contributed by atoms with Gasteiger partial charge in [0.15, 0.2) is 5.13 Å². The molecule has 0 aliphatic rings. The minimum atomic E-state index is 0.357. The van der Waals surface area contributed by atoms with Gasteiger partial charge in [0.25, 0.3) is 0 Å². The van der Waals surface area contributed by atoms with Crippen LogP contribution in [0, 0.1) is 19.3 Å². The molecular weight excluding hydrogens is 180 g/mol. The molecule has 0 saturated carbocycles. The molecule has 1 unspecified atom stereocenters. The first-order chi connectivity index (χ1) is 6.26. The summed E-state index contributed by atoms with van der Waals surface area (Å²) in [5.41, 5.74) is 0. The molecular formula is C10H14N2S. The van der Waals surface area contributed by atoms with Gasteiger partial charge in [0.05, 0.1) is 0 Å². The Hall–Kier alpha value is -1.01. The van der Waals surface area contributed by atoms with Gasteiger partial charge >= 0.3 is 0 Å². The van der Waals surface area contributed by atoms with Crippen molar-refractivity contribution in [2.75, 3.05) is 5.32 Å². The smallest absolute Gasteiger partial charge is 0.183 e. The third-order valence-electron chi connectivity index (χ3n) is 1.81. The normalized spacial score (nSPS) is 12.1. The van der Waals surface area contributed by atoms with E-state index >= 15 is 0 Å². The second-order valence-electron chi connectivity index (χ2n) is 2.93. The van der Waals surface area contributed by atoms with E-state index in [0.717, 1.165) is 18.0 Å². The SMILES string of the molecule is C#CCC(CC)Nc1ncc(C)s1. The summed E-state index contributed by atoms with van der Waals surface area (Å²) in [4.78, 5) is 5.45. The zero-order valence-electron chi connectivity index (χ0n) is 8.00. The van der Waals surface area contributed by atoms with Gasteiger partial charge in [-0.15, -0.1) is 23.7 Å². The zero-order valence-corrected chi connectivity index (χ0v) is 8.82. The Morgan fingerprint density at radius 3 is 3.00 bits per heavy atom. The molecule has 0 fully saturated rings. The van der Waals surface area contributed by atoms with E-state index < -0.39 is 0 Å². The van der Waals surface area contributed by atoms with Crippen LogP contribution in [0.5, 0.6) is 0 Å².